The predicted molar refractivity (Wildman–Crippen MR) is 80.1 cm³/mol. The highest BCUT2D eigenvalue weighted by Crippen LogP contribution is 2.26. The lowest BCUT2D eigenvalue weighted by molar-refractivity contribution is 0.0942. The van der Waals surface area contributed by atoms with E-state index in [-0.39, 0.29) is 5.91 Å². The molecule has 0 atom stereocenters. The number of amides is 1. The maximum absolute atomic E-state index is 12.3. The molecule has 1 amide bonds. The van der Waals surface area contributed by atoms with Crippen molar-refractivity contribution >= 4 is 29.0 Å². The Morgan fingerprint density at radius 2 is 1.95 bits per heavy atom. The van der Waals surface area contributed by atoms with Crippen LogP contribution >= 0.6 is 23.1 Å². The van der Waals surface area contributed by atoms with E-state index in [1.54, 1.807) is 12.1 Å². The van der Waals surface area contributed by atoms with Gasteiger partial charge in [-0.1, -0.05) is 41.1 Å². The minimum Gasteiger partial charge on any atom is -0.348 e. The van der Waals surface area contributed by atoms with Gasteiger partial charge in [0, 0.05) is 16.6 Å². The molecular formula is C14H14ClN3OS. The fourth-order valence-electron chi connectivity index (χ4n) is 2.46. The second kappa shape index (κ2) is 5.89. The standard InChI is InChI=1S/C14H14ClN3OS/c15-10-7-5-9(6-8-10)12-13(20-18-17-12)14(19)16-11-3-1-2-4-11/h5-8,11H,1-4H2,(H,16,19). The van der Waals surface area contributed by atoms with Crippen molar-refractivity contribution in [2.45, 2.75) is 31.7 Å². The fraction of sp³-hybridized carbons (Fsp3) is 0.357. The first-order valence-electron chi connectivity index (χ1n) is 6.63. The highest BCUT2D eigenvalue weighted by atomic mass is 35.5. The average Bonchev–Trinajstić information content (AvgIpc) is 3.10. The van der Waals surface area contributed by atoms with E-state index in [0.717, 1.165) is 29.9 Å². The Bertz CT molecular complexity index is 605. The summed E-state index contributed by atoms with van der Waals surface area (Å²) in [6.07, 6.45) is 4.51. The van der Waals surface area contributed by atoms with Crippen LogP contribution in [-0.4, -0.2) is 21.5 Å². The molecule has 0 radical (unpaired) electrons. The summed E-state index contributed by atoms with van der Waals surface area (Å²) in [7, 11) is 0. The number of nitrogens with one attached hydrogen (secondary N) is 1. The lowest BCUT2D eigenvalue weighted by Crippen LogP contribution is -2.32. The van der Waals surface area contributed by atoms with Crippen LogP contribution in [0.1, 0.15) is 35.4 Å². The number of rotatable bonds is 3. The first-order valence-corrected chi connectivity index (χ1v) is 7.78. The molecule has 20 heavy (non-hydrogen) atoms. The molecule has 1 fully saturated rings. The quantitative estimate of drug-likeness (QED) is 0.943. The lowest BCUT2D eigenvalue weighted by atomic mass is 10.1. The Labute approximate surface area is 126 Å². The van der Waals surface area contributed by atoms with Crippen LogP contribution in [0.3, 0.4) is 0 Å². The highest BCUT2D eigenvalue weighted by Gasteiger charge is 2.22. The Hall–Kier alpha value is -1.46. The van der Waals surface area contributed by atoms with Gasteiger partial charge in [-0.2, -0.15) is 0 Å². The molecule has 1 heterocycles. The van der Waals surface area contributed by atoms with Crippen molar-refractivity contribution in [3.05, 3.63) is 34.2 Å². The van der Waals surface area contributed by atoms with Crippen LogP contribution < -0.4 is 5.32 Å². The molecule has 0 aliphatic heterocycles. The maximum Gasteiger partial charge on any atom is 0.265 e. The molecule has 2 aromatic rings. The van der Waals surface area contributed by atoms with Crippen LogP contribution in [0.15, 0.2) is 24.3 Å². The monoisotopic (exact) mass is 307 g/mol. The first kappa shape index (κ1) is 13.5. The van der Waals surface area contributed by atoms with E-state index >= 15 is 0 Å². The van der Waals surface area contributed by atoms with Crippen LogP contribution in [0, 0.1) is 0 Å². The summed E-state index contributed by atoms with van der Waals surface area (Å²) in [5.74, 6) is -0.0724. The van der Waals surface area contributed by atoms with E-state index in [1.807, 2.05) is 12.1 Å². The van der Waals surface area contributed by atoms with E-state index in [1.165, 1.54) is 12.8 Å². The van der Waals surface area contributed by atoms with Crippen LogP contribution in [-0.2, 0) is 0 Å². The fourth-order valence-corrected chi connectivity index (χ4v) is 3.17. The van der Waals surface area contributed by atoms with Gasteiger partial charge in [-0.15, -0.1) is 5.10 Å². The molecule has 104 valence electrons. The van der Waals surface area contributed by atoms with Crippen molar-refractivity contribution in [2.24, 2.45) is 0 Å². The van der Waals surface area contributed by atoms with Gasteiger partial charge in [0.25, 0.3) is 5.91 Å². The second-order valence-corrected chi connectivity index (χ2v) is 6.10. The minimum atomic E-state index is -0.0724. The normalized spacial score (nSPS) is 15.4. The third-order valence-corrected chi connectivity index (χ3v) is 4.48. The van der Waals surface area contributed by atoms with E-state index in [4.69, 9.17) is 11.6 Å². The average molecular weight is 308 g/mol. The van der Waals surface area contributed by atoms with Crippen molar-refractivity contribution in [1.82, 2.24) is 14.9 Å². The van der Waals surface area contributed by atoms with Crippen molar-refractivity contribution in [1.29, 1.82) is 0 Å². The third kappa shape index (κ3) is 2.83. The molecule has 0 saturated heterocycles. The van der Waals surface area contributed by atoms with Gasteiger partial charge < -0.3 is 5.32 Å². The van der Waals surface area contributed by atoms with Crippen LogP contribution in [0.4, 0.5) is 0 Å². The number of hydrogen-bond acceptors (Lipinski definition) is 4. The molecule has 4 nitrogen and oxygen atoms in total. The SMILES string of the molecule is O=C(NC1CCCC1)c1snnc1-c1ccc(Cl)cc1. The molecular weight excluding hydrogens is 294 g/mol. The van der Waals surface area contributed by atoms with Gasteiger partial charge in [0.15, 0.2) is 0 Å². The van der Waals surface area contributed by atoms with Gasteiger partial charge in [0.2, 0.25) is 0 Å². The Morgan fingerprint density at radius 3 is 2.65 bits per heavy atom. The van der Waals surface area contributed by atoms with Crippen LogP contribution in [0.2, 0.25) is 5.02 Å². The molecule has 6 heteroatoms. The Morgan fingerprint density at radius 1 is 1.25 bits per heavy atom. The molecule has 1 aliphatic carbocycles. The molecule has 0 spiro atoms. The highest BCUT2D eigenvalue weighted by molar-refractivity contribution is 7.08. The summed E-state index contributed by atoms with van der Waals surface area (Å²) in [4.78, 5) is 12.9. The zero-order chi connectivity index (χ0) is 13.9. The number of aromatic nitrogens is 2. The molecule has 3 rings (SSSR count). The Kier molecular flexibility index (Phi) is 3.98. The van der Waals surface area contributed by atoms with Crippen LogP contribution in [0.5, 0.6) is 0 Å². The van der Waals surface area contributed by atoms with Crippen molar-refractivity contribution in [3.8, 4) is 11.3 Å². The summed E-state index contributed by atoms with van der Waals surface area (Å²) in [5, 5.41) is 7.81. The topological polar surface area (TPSA) is 54.9 Å². The molecule has 1 aromatic heterocycles. The maximum atomic E-state index is 12.3. The number of nitrogens with zero attached hydrogens (tertiary/aromatic N) is 2. The summed E-state index contributed by atoms with van der Waals surface area (Å²) in [6.45, 7) is 0. The van der Waals surface area contributed by atoms with Crippen molar-refractivity contribution < 1.29 is 4.79 Å². The zero-order valence-corrected chi connectivity index (χ0v) is 12.4. The third-order valence-electron chi connectivity index (χ3n) is 3.50. The summed E-state index contributed by atoms with van der Waals surface area (Å²) < 4.78 is 3.91. The predicted octanol–water partition coefficient (Wildman–Crippen LogP) is 3.53. The van der Waals surface area contributed by atoms with E-state index in [0.29, 0.717) is 21.6 Å². The summed E-state index contributed by atoms with van der Waals surface area (Å²) in [6, 6.07) is 7.57. The number of benzene rings is 1. The number of halogens is 1. The Balaban J connectivity index is 1.82. The van der Waals surface area contributed by atoms with Gasteiger partial charge in [-0.25, -0.2) is 0 Å². The summed E-state index contributed by atoms with van der Waals surface area (Å²) >= 11 is 7.01. The second-order valence-electron chi connectivity index (χ2n) is 4.91. The van der Waals surface area contributed by atoms with E-state index < -0.39 is 0 Å². The van der Waals surface area contributed by atoms with E-state index in [9.17, 15) is 4.79 Å². The van der Waals surface area contributed by atoms with Crippen LogP contribution in [0.25, 0.3) is 11.3 Å². The van der Waals surface area contributed by atoms with Gasteiger partial charge in [-0.3, -0.25) is 4.79 Å². The van der Waals surface area contributed by atoms with Gasteiger partial charge in [-0.05, 0) is 36.5 Å². The first-order chi connectivity index (χ1) is 9.74. The zero-order valence-electron chi connectivity index (χ0n) is 10.8. The molecule has 1 saturated carbocycles. The smallest absolute Gasteiger partial charge is 0.265 e. The number of carbonyl (C=O) groups is 1. The van der Waals surface area contributed by atoms with Gasteiger partial charge >= 0.3 is 0 Å². The number of carbonyl (C=O) groups excluding carboxylic acids is 1. The lowest BCUT2D eigenvalue weighted by Gasteiger charge is -2.11. The molecule has 1 N–H and O–H groups in total. The molecule has 1 aromatic carbocycles. The van der Waals surface area contributed by atoms with E-state index in [2.05, 4.69) is 14.9 Å². The number of hydrogen-bond donors (Lipinski definition) is 1. The van der Waals surface area contributed by atoms with Crippen molar-refractivity contribution in [3.63, 3.8) is 0 Å². The molecule has 0 bridgehead atoms. The largest absolute Gasteiger partial charge is 0.348 e. The van der Waals surface area contributed by atoms with Crippen molar-refractivity contribution in [2.75, 3.05) is 0 Å². The van der Waals surface area contributed by atoms with Gasteiger partial charge in [0.1, 0.15) is 10.6 Å². The van der Waals surface area contributed by atoms with Gasteiger partial charge in [0.05, 0.1) is 0 Å². The minimum absolute atomic E-state index is 0.0724. The molecule has 0 unspecified atom stereocenters. The summed E-state index contributed by atoms with van der Waals surface area (Å²) in [5.41, 5.74) is 1.49. The molecule has 1 aliphatic rings.